The Morgan fingerprint density at radius 2 is 1.78 bits per heavy atom. The Kier molecular flexibility index (Phi) is 4.11. The van der Waals surface area contributed by atoms with Crippen LogP contribution in [0.25, 0.3) is 0 Å². The molecule has 98 valence electrons. The average Bonchev–Trinajstić information content (AvgIpc) is 2.24. The number of carboxylic acid groups (broad SMARTS) is 1. The van der Waals surface area contributed by atoms with Gasteiger partial charge in [-0.3, -0.25) is 9.59 Å². The standard InChI is InChI=1S/C14H18O4/c1-14(2,3)9-4-5-11(15)10(8-9)12(16)6-7-13(17)18/h4-5,8,15H,6-7H2,1-3H3,(H,17,18). The van der Waals surface area contributed by atoms with Gasteiger partial charge in [0.25, 0.3) is 0 Å². The summed E-state index contributed by atoms with van der Waals surface area (Å²) in [6.07, 6.45) is -0.325. The molecule has 0 radical (unpaired) electrons. The number of aliphatic carboxylic acids is 1. The molecule has 0 unspecified atom stereocenters. The van der Waals surface area contributed by atoms with E-state index in [9.17, 15) is 14.7 Å². The number of carbonyl (C=O) groups excluding carboxylic acids is 1. The molecule has 18 heavy (non-hydrogen) atoms. The smallest absolute Gasteiger partial charge is 0.303 e. The molecule has 4 nitrogen and oxygen atoms in total. The van der Waals surface area contributed by atoms with E-state index in [1.54, 1.807) is 12.1 Å². The van der Waals surface area contributed by atoms with Gasteiger partial charge in [-0.2, -0.15) is 0 Å². The molecule has 0 aliphatic carbocycles. The normalized spacial score (nSPS) is 11.3. The van der Waals surface area contributed by atoms with Crippen molar-refractivity contribution in [1.29, 1.82) is 0 Å². The number of carboxylic acids is 1. The molecule has 0 aromatic heterocycles. The van der Waals surface area contributed by atoms with Gasteiger partial charge in [0.1, 0.15) is 5.75 Å². The summed E-state index contributed by atoms with van der Waals surface area (Å²) in [7, 11) is 0. The molecule has 0 atom stereocenters. The second kappa shape index (κ2) is 5.21. The van der Waals surface area contributed by atoms with Gasteiger partial charge in [-0.05, 0) is 23.1 Å². The molecule has 0 spiro atoms. The zero-order chi connectivity index (χ0) is 13.9. The van der Waals surface area contributed by atoms with Crippen LogP contribution in [0.15, 0.2) is 18.2 Å². The summed E-state index contributed by atoms with van der Waals surface area (Å²) < 4.78 is 0. The third-order valence-corrected chi connectivity index (χ3v) is 2.73. The van der Waals surface area contributed by atoms with E-state index in [1.165, 1.54) is 6.07 Å². The Labute approximate surface area is 106 Å². The molecule has 1 aromatic carbocycles. The Hall–Kier alpha value is -1.84. The van der Waals surface area contributed by atoms with E-state index in [-0.39, 0.29) is 35.4 Å². The number of hydrogen-bond donors (Lipinski definition) is 2. The molecule has 0 aliphatic heterocycles. The lowest BCUT2D eigenvalue weighted by Crippen LogP contribution is -2.12. The van der Waals surface area contributed by atoms with Crippen molar-refractivity contribution < 1.29 is 19.8 Å². The Balaban J connectivity index is 3.01. The van der Waals surface area contributed by atoms with Gasteiger partial charge in [-0.25, -0.2) is 0 Å². The fraction of sp³-hybridized carbons (Fsp3) is 0.429. The predicted octanol–water partition coefficient (Wildman–Crippen LogP) is 2.74. The highest BCUT2D eigenvalue weighted by Gasteiger charge is 2.18. The van der Waals surface area contributed by atoms with Crippen molar-refractivity contribution in [3.8, 4) is 5.75 Å². The summed E-state index contributed by atoms with van der Waals surface area (Å²) in [5.41, 5.74) is 0.998. The molecule has 1 aromatic rings. The maximum absolute atomic E-state index is 11.8. The summed E-state index contributed by atoms with van der Waals surface area (Å²) in [5, 5.41) is 18.2. The largest absolute Gasteiger partial charge is 0.507 e. The van der Waals surface area contributed by atoms with Crippen LogP contribution in [0.5, 0.6) is 5.75 Å². The van der Waals surface area contributed by atoms with Crippen molar-refractivity contribution in [1.82, 2.24) is 0 Å². The number of ketones is 1. The lowest BCUT2D eigenvalue weighted by Gasteiger charge is -2.20. The van der Waals surface area contributed by atoms with E-state index < -0.39 is 5.97 Å². The van der Waals surface area contributed by atoms with Crippen LogP contribution in [0, 0.1) is 0 Å². The number of rotatable bonds is 4. The van der Waals surface area contributed by atoms with Crippen LogP contribution in [0.2, 0.25) is 0 Å². The number of hydrogen-bond acceptors (Lipinski definition) is 3. The molecular weight excluding hydrogens is 232 g/mol. The van der Waals surface area contributed by atoms with E-state index in [0.717, 1.165) is 5.56 Å². The topological polar surface area (TPSA) is 74.6 Å². The lowest BCUT2D eigenvalue weighted by atomic mass is 9.85. The highest BCUT2D eigenvalue weighted by atomic mass is 16.4. The highest BCUT2D eigenvalue weighted by molar-refractivity contribution is 5.99. The van der Waals surface area contributed by atoms with Gasteiger partial charge in [0.05, 0.1) is 12.0 Å². The molecule has 0 heterocycles. The second-order valence-corrected chi connectivity index (χ2v) is 5.30. The fourth-order valence-electron chi connectivity index (χ4n) is 1.58. The van der Waals surface area contributed by atoms with Gasteiger partial charge in [-0.1, -0.05) is 26.8 Å². The van der Waals surface area contributed by atoms with Gasteiger partial charge in [0.2, 0.25) is 0 Å². The molecule has 0 saturated heterocycles. The van der Waals surface area contributed by atoms with Crippen molar-refractivity contribution in [2.75, 3.05) is 0 Å². The number of benzene rings is 1. The maximum atomic E-state index is 11.8. The van der Waals surface area contributed by atoms with Crippen LogP contribution in [-0.4, -0.2) is 22.0 Å². The number of aromatic hydroxyl groups is 1. The predicted molar refractivity (Wildman–Crippen MR) is 68.0 cm³/mol. The van der Waals surface area contributed by atoms with Crippen LogP contribution < -0.4 is 0 Å². The first-order chi connectivity index (χ1) is 8.21. The van der Waals surface area contributed by atoms with Gasteiger partial charge in [-0.15, -0.1) is 0 Å². The summed E-state index contributed by atoms with van der Waals surface area (Å²) in [6.45, 7) is 6.01. The average molecular weight is 250 g/mol. The number of Topliss-reactive ketones (excluding diaryl/α,β-unsaturated/α-hetero) is 1. The van der Waals surface area contributed by atoms with Crippen LogP contribution in [0.3, 0.4) is 0 Å². The zero-order valence-electron chi connectivity index (χ0n) is 10.9. The first-order valence-electron chi connectivity index (χ1n) is 5.80. The summed E-state index contributed by atoms with van der Waals surface area (Å²) in [6, 6.07) is 4.89. The van der Waals surface area contributed by atoms with Crippen molar-refractivity contribution in [3.63, 3.8) is 0 Å². The number of carbonyl (C=O) groups is 2. The van der Waals surface area contributed by atoms with Gasteiger partial charge in [0.15, 0.2) is 5.78 Å². The molecule has 1 rings (SSSR count). The van der Waals surface area contributed by atoms with Crippen molar-refractivity contribution in [2.24, 2.45) is 0 Å². The van der Waals surface area contributed by atoms with Crippen molar-refractivity contribution >= 4 is 11.8 Å². The zero-order valence-corrected chi connectivity index (χ0v) is 10.9. The Bertz CT molecular complexity index is 469. The lowest BCUT2D eigenvalue weighted by molar-refractivity contribution is -0.136. The van der Waals surface area contributed by atoms with Gasteiger partial charge in [0, 0.05) is 6.42 Å². The molecule has 0 amide bonds. The van der Waals surface area contributed by atoms with E-state index in [0.29, 0.717) is 0 Å². The maximum Gasteiger partial charge on any atom is 0.303 e. The molecule has 0 aliphatic rings. The minimum absolute atomic E-state index is 0.0987. The number of phenolic OH excluding ortho intramolecular Hbond substituents is 1. The SMILES string of the molecule is CC(C)(C)c1ccc(O)c(C(=O)CCC(=O)O)c1. The summed E-state index contributed by atoms with van der Waals surface area (Å²) in [4.78, 5) is 22.3. The van der Waals surface area contributed by atoms with Crippen LogP contribution in [0.1, 0.15) is 49.5 Å². The van der Waals surface area contributed by atoms with Crippen LogP contribution in [-0.2, 0) is 10.2 Å². The minimum atomic E-state index is -1.02. The minimum Gasteiger partial charge on any atom is -0.507 e. The first kappa shape index (κ1) is 14.2. The monoisotopic (exact) mass is 250 g/mol. The van der Waals surface area contributed by atoms with Crippen LogP contribution >= 0.6 is 0 Å². The Morgan fingerprint density at radius 3 is 2.28 bits per heavy atom. The second-order valence-electron chi connectivity index (χ2n) is 5.30. The molecule has 0 fully saturated rings. The molecule has 4 heteroatoms. The van der Waals surface area contributed by atoms with E-state index in [2.05, 4.69) is 0 Å². The number of phenols is 1. The fourth-order valence-corrected chi connectivity index (χ4v) is 1.58. The molecule has 0 bridgehead atoms. The third-order valence-electron chi connectivity index (χ3n) is 2.73. The van der Waals surface area contributed by atoms with Crippen molar-refractivity contribution in [2.45, 2.75) is 39.0 Å². The van der Waals surface area contributed by atoms with E-state index in [1.807, 2.05) is 20.8 Å². The first-order valence-corrected chi connectivity index (χ1v) is 5.80. The molecular formula is C14H18O4. The summed E-state index contributed by atoms with van der Waals surface area (Å²) >= 11 is 0. The van der Waals surface area contributed by atoms with Gasteiger partial charge >= 0.3 is 5.97 Å². The van der Waals surface area contributed by atoms with E-state index >= 15 is 0 Å². The van der Waals surface area contributed by atoms with Crippen molar-refractivity contribution in [3.05, 3.63) is 29.3 Å². The van der Waals surface area contributed by atoms with Gasteiger partial charge < -0.3 is 10.2 Å². The Morgan fingerprint density at radius 1 is 1.17 bits per heavy atom. The quantitative estimate of drug-likeness (QED) is 0.806. The molecule has 0 saturated carbocycles. The highest BCUT2D eigenvalue weighted by Crippen LogP contribution is 2.28. The summed E-state index contributed by atoms with van der Waals surface area (Å²) in [5.74, 6) is -1.46. The van der Waals surface area contributed by atoms with Crippen LogP contribution in [0.4, 0.5) is 0 Å². The molecule has 2 N–H and O–H groups in total. The van der Waals surface area contributed by atoms with E-state index in [4.69, 9.17) is 5.11 Å². The third kappa shape index (κ3) is 3.58.